The van der Waals surface area contributed by atoms with Crippen LogP contribution in [0.5, 0.6) is 11.5 Å². The molecule has 0 saturated carbocycles. The molecule has 0 aliphatic heterocycles. The molecule has 0 saturated heterocycles. The normalized spacial score (nSPS) is 9.80. The van der Waals surface area contributed by atoms with Crippen LogP contribution in [0.25, 0.3) is 0 Å². The smallest absolute Gasteiger partial charge is 0.316 e. The predicted octanol–water partition coefficient (Wildman–Crippen LogP) is 4.60. The van der Waals surface area contributed by atoms with Crippen LogP contribution in [0.2, 0.25) is 0 Å². The molecule has 0 radical (unpaired) electrons. The van der Waals surface area contributed by atoms with Crippen molar-refractivity contribution in [1.82, 2.24) is 0 Å². The number of carbonyl (C=O) groups is 1. The van der Waals surface area contributed by atoms with Crippen molar-refractivity contribution in [2.45, 2.75) is 12.8 Å². The molecule has 108 valence electrons. The molecular formula is C14H13Cl3O3. The van der Waals surface area contributed by atoms with Gasteiger partial charge in [-0.05, 0) is 24.1 Å². The van der Waals surface area contributed by atoms with Gasteiger partial charge < -0.3 is 9.47 Å². The Balaban J connectivity index is 2.84. The van der Waals surface area contributed by atoms with Gasteiger partial charge in [0.1, 0.15) is 4.49 Å². The van der Waals surface area contributed by atoms with Crippen molar-refractivity contribution in [3.05, 3.63) is 45.9 Å². The molecule has 0 amide bonds. The minimum absolute atomic E-state index is 0.0283. The first-order chi connectivity index (χ1) is 9.47. The Hall–Kier alpha value is -1.16. The summed E-state index contributed by atoms with van der Waals surface area (Å²) in [6.07, 6.45) is 2.26. The van der Waals surface area contributed by atoms with Gasteiger partial charge >= 0.3 is 5.97 Å². The SMILES string of the molecule is C=CCc1ccc(OC(=O)CC(Cl)=C(Cl)Cl)c(OC)c1. The van der Waals surface area contributed by atoms with Crippen molar-refractivity contribution in [2.75, 3.05) is 7.11 Å². The highest BCUT2D eigenvalue weighted by Gasteiger charge is 2.13. The highest BCUT2D eigenvalue weighted by molar-refractivity contribution is 6.59. The van der Waals surface area contributed by atoms with Crippen LogP contribution in [-0.4, -0.2) is 13.1 Å². The fourth-order valence-electron chi connectivity index (χ4n) is 1.44. The molecule has 0 atom stereocenters. The molecule has 3 nitrogen and oxygen atoms in total. The van der Waals surface area contributed by atoms with Gasteiger partial charge in [-0.3, -0.25) is 4.79 Å². The van der Waals surface area contributed by atoms with Crippen molar-refractivity contribution in [3.63, 3.8) is 0 Å². The molecule has 0 unspecified atom stereocenters. The monoisotopic (exact) mass is 334 g/mol. The predicted molar refractivity (Wildman–Crippen MR) is 81.7 cm³/mol. The van der Waals surface area contributed by atoms with E-state index in [1.54, 1.807) is 18.2 Å². The van der Waals surface area contributed by atoms with Gasteiger partial charge in [0, 0.05) is 0 Å². The van der Waals surface area contributed by atoms with Crippen molar-refractivity contribution in [3.8, 4) is 11.5 Å². The van der Waals surface area contributed by atoms with Crippen LogP contribution in [0, 0.1) is 0 Å². The second-order valence-electron chi connectivity index (χ2n) is 3.79. The Kier molecular flexibility index (Phi) is 6.93. The highest BCUT2D eigenvalue weighted by Crippen LogP contribution is 2.29. The summed E-state index contributed by atoms with van der Waals surface area (Å²) in [5.74, 6) is 0.179. The second kappa shape index (κ2) is 8.20. The van der Waals surface area contributed by atoms with E-state index in [2.05, 4.69) is 6.58 Å². The van der Waals surface area contributed by atoms with Gasteiger partial charge in [0.2, 0.25) is 0 Å². The molecular weight excluding hydrogens is 323 g/mol. The number of esters is 1. The lowest BCUT2D eigenvalue weighted by molar-refractivity contribution is -0.133. The molecule has 1 rings (SSSR count). The average Bonchev–Trinajstić information content (AvgIpc) is 2.40. The molecule has 0 aliphatic rings. The van der Waals surface area contributed by atoms with E-state index < -0.39 is 5.97 Å². The standard InChI is InChI=1S/C14H13Cl3O3/c1-3-4-9-5-6-11(12(7-9)19-2)20-13(18)8-10(15)14(16)17/h3,5-7H,1,4,8H2,2H3. The molecule has 0 bridgehead atoms. The van der Waals surface area contributed by atoms with E-state index in [1.165, 1.54) is 7.11 Å². The lowest BCUT2D eigenvalue weighted by atomic mass is 10.1. The molecule has 1 aromatic rings. The number of halogens is 3. The van der Waals surface area contributed by atoms with Crippen LogP contribution in [0.15, 0.2) is 40.4 Å². The van der Waals surface area contributed by atoms with Crippen molar-refractivity contribution in [2.24, 2.45) is 0 Å². The Morgan fingerprint density at radius 3 is 2.55 bits per heavy atom. The van der Waals surface area contributed by atoms with Crippen molar-refractivity contribution in [1.29, 1.82) is 0 Å². The molecule has 0 aliphatic carbocycles. The van der Waals surface area contributed by atoms with E-state index in [4.69, 9.17) is 44.3 Å². The largest absolute Gasteiger partial charge is 0.493 e. The fraction of sp³-hybridized carbons (Fsp3) is 0.214. The van der Waals surface area contributed by atoms with Crippen LogP contribution in [0.1, 0.15) is 12.0 Å². The Morgan fingerprint density at radius 2 is 2.00 bits per heavy atom. The summed E-state index contributed by atoms with van der Waals surface area (Å²) in [4.78, 5) is 11.7. The maximum Gasteiger partial charge on any atom is 0.316 e. The van der Waals surface area contributed by atoms with E-state index in [-0.39, 0.29) is 15.9 Å². The number of benzene rings is 1. The lowest BCUT2D eigenvalue weighted by Gasteiger charge is -2.10. The maximum absolute atomic E-state index is 11.7. The number of hydrogen-bond acceptors (Lipinski definition) is 3. The van der Waals surface area contributed by atoms with Gasteiger partial charge in [-0.2, -0.15) is 0 Å². The van der Waals surface area contributed by atoms with E-state index in [1.807, 2.05) is 6.07 Å². The molecule has 1 aromatic carbocycles. The zero-order valence-corrected chi connectivity index (χ0v) is 13.1. The number of allylic oxidation sites excluding steroid dienone is 1. The van der Waals surface area contributed by atoms with E-state index in [0.29, 0.717) is 17.9 Å². The van der Waals surface area contributed by atoms with Gasteiger partial charge in [-0.25, -0.2) is 0 Å². The molecule has 6 heteroatoms. The Morgan fingerprint density at radius 1 is 1.30 bits per heavy atom. The first-order valence-electron chi connectivity index (χ1n) is 5.66. The van der Waals surface area contributed by atoms with E-state index in [9.17, 15) is 4.79 Å². The van der Waals surface area contributed by atoms with Gasteiger partial charge in [-0.15, -0.1) is 6.58 Å². The first kappa shape index (κ1) is 16.9. The lowest BCUT2D eigenvalue weighted by Crippen LogP contribution is -2.08. The summed E-state index contributed by atoms with van der Waals surface area (Å²) in [6.45, 7) is 3.66. The van der Waals surface area contributed by atoms with Gasteiger partial charge in [0.25, 0.3) is 0 Å². The minimum Gasteiger partial charge on any atom is -0.493 e. The third-order valence-corrected chi connectivity index (χ3v) is 3.31. The number of carbonyl (C=O) groups excluding carboxylic acids is 1. The summed E-state index contributed by atoms with van der Waals surface area (Å²) >= 11 is 16.6. The summed E-state index contributed by atoms with van der Waals surface area (Å²) in [5.41, 5.74) is 0.998. The summed E-state index contributed by atoms with van der Waals surface area (Å²) in [6, 6.07) is 5.24. The van der Waals surface area contributed by atoms with E-state index >= 15 is 0 Å². The van der Waals surface area contributed by atoms with Crippen LogP contribution in [-0.2, 0) is 11.2 Å². The fourth-order valence-corrected chi connectivity index (χ4v) is 1.68. The maximum atomic E-state index is 11.7. The number of rotatable bonds is 6. The molecule has 20 heavy (non-hydrogen) atoms. The molecule has 0 spiro atoms. The molecule has 0 heterocycles. The van der Waals surface area contributed by atoms with Gasteiger partial charge in [0.05, 0.1) is 18.6 Å². The van der Waals surface area contributed by atoms with Gasteiger partial charge in [0.15, 0.2) is 11.5 Å². The number of hydrogen-bond donors (Lipinski definition) is 0. The number of ether oxygens (including phenoxy) is 2. The minimum atomic E-state index is -0.580. The first-order valence-corrected chi connectivity index (χ1v) is 6.79. The second-order valence-corrected chi connectivity index (χ2v) is 5.20. The van der Waals surface area contributed by atoms with Crippen LogP contribution in [0.3, 0.4) is 0 Å². The van der Waals surface area contributed by atoms with Crippen molar-refractivity contribution >= 4 is 40.8 Å². The van der Waals surface area contributed by atoms with Crippen molar-refractivity contribution < 1.29 is 14.3 Å². The third-order valence-electron chi connectivity index (χ3n) is 2.34. The Labute approximate surface area is 132 Å². The van der Waals surface area contributed by atoms with Crippen LogP contribution >= 0.6 is 34.8 Å². The summed E-state index contributed by atoms with van der Waals surface area (Å²) in [7, 11) is 1.49. The Bertz CT molecular complexity index is 534. The zero-order chi connectivity index (χ0) is 15.1. The molecule has 0 aromatic heterocycles. The van der Waals surface area contributed by atoms with E-state index in [0.717, 1.165) is 5.56 Å². The summed E-state index contributed by atoms with van der Waals surface area (Å²) in [5, 5.41) is 0.0283. The quantitative estimate of drug-likeness (QED) is 0.433. The average molecular weight is 336 g/mol. The third kappa shape index (κ3) is 5.08. The van der Waals surface area contributed by atoms with Crippen LogP contribution < -0.4 is 9.47 Å². The molecule has 0 fully saturated rings. The van der Waals surface area contributed by atoms with Crippen LogP contribution in [0.4, 0.5) is 0 Å². The summed E-state index contributed by atoms with van der Waals surface area (Å²) < 4.78 is 10.2. The number of methoxy groups -OCH3 is 1. The van der Waals surface area contributed by atoms with Gasteiger partial charge in [-0.1, -0.05) is 46.9 Å². The highest BCUT2D eigenvalue weighted by atomic mass is 35.5. The molecule has 0 N–H and O–H groups in total. The zero-order valence-electron chi connectivity index (χ0n) is 10.8. The topological polar surface area (TPSA) is 35.5 Å².